The van der Waals surface area contributed by atoms with Gasteiger partial charge in [0.05, 0.1) is 6.61 Å². The molecule has 3 heteroatoms. The first-order valence-corrected chi connectivity index (χ1v) is 7.31. The van der Waals surface area contributed by atoms with Crippen LogP contribution in [0.1, 0.15) is 40.0 Å². The van der Waals surface area contributed by atoms with Crippen LogP contribution in [0.25, 0.3) is 0 Å². The number of hydrogen-bond donors (Lipinski definition) is 1. The number of ether oxygens (including phenoxy) is 2. The van der Waals surface area contributed by atoms with Gasteiger partial charge in [0.2, 0.25) is 0 Å². The lowest BCUT2D eigenvalue weighted by molar-refractivity contribution is 0.0492. The van der Waals surface area contributed by atoms with Gasteiger partial charge in [-0.3, -0.25) is 0 Å². The third kappa shape index (κ3) is 6.17. The van der Waals surface area contributed by atoms with E-state index in [0.717, 1.165) is 44.7 Å². The lowest BCUT2D eigenvalue weighted by Crippen LogP contribution is -2.35. The molecule has 1 aliphatic rings. The molecule has 1 N–H and O–H groups in total. The quantitative estimate of drug-likeness (QED) is 0.711. The molecule has 0 aromatic rings. The third-order valence-corrected chi connectivity index (χ3v) is 4.06. The normalized spacial score (nSPS) is 20.0. The topological polar surface area (TPSA) is 30.5 Å². The Morgan fingerprint density at radius 3 is 2.50 bits per heavy atom. The van der Waals surface area contributed by atoms with Gasteiger partial charge >= 0.3 is 0 Å². The van der Waals surface area contributed by atoms with Gasteiger partial charge in [0.15, 0.2) is 0 Å². The SMILES string of the molecule is COCCNCC(CC1CCOCC1)C(C)(C)C. The molecule has 0 saturated carbocycles. The molecule has 1 rings (SSSR count). The summed E-state index contributed by atoms with van der Waals surface area (Å²) in [6.07, 6.45) is 3.81. The summed E-state index contributed by atoms with van der Waals surface area (Å²) in [5.74, 6) is 1.59. The average Bonchev–Trinajstić information content (AvgIpc) is 2.33. The van der Waals surface area contributed by atoms with Crippen LogP contribution in [0.5, 0.6) is 0 Å². The fraction of sp³-hybridized carbons (Fsp3) is 1.00. The van der Waals surface area contributed by atoms with Gasteiger partial charge in [0.25, 0.3) is 0 Å². The molecule has 0 aromatic heterocycles. The predicted molar refractivity (Wildman–Crippen MR) is 75.9 cm³/mol. The Hall–Kier alpha value is -0.120. The van der Waals surface area contributed by atoms with Crippen molar-refractivity contribution in [3.63, 3.8) is 0 Å². The van der Waals surface area contributed by atoms with Crippen molar-refractivity contribution in [3.05, 3.63) is 0 Å². The molecule has 0 amide bonds. The molecular formula is C15H31NO2. The highest BCUT2D eigenvalue weighted by atomic mass is 16.5. The molecular weight excluding hydrogens is 226 g/mol. The minimum atomic E-state index is 0.373. The Kier molecular flexibility index (Phi) is 7.20. The number of rotatable bonds is 7. The molecule has 1 heterocycles. The maximum Gasteiger partial charge on any atom is 0.0587 e. The van der Waals surface area contributed by atoms with Crippen LogP contribution >= 0.6 is 0 Å². The Labute approximate surface area is 113 Å². The van der Waals surface area contributed by atoms with Gasteiger partial charge in [-0.2, -0.15) is 0 Å². The molecule has 1 fully saturated rings. The van der Waals surface area contributed by atoms with Crippen molar-refractivity contribution < 1.29 is 9.47 Å². The number of nitrogens with one attached hydrogen (secondary N) is 1. The number of hydrogen-bond acceptors (Lipinski definition) is 3. The van der Waals surface area contributed by atoms with Crippen molar-refractivity contribution in [1.82, 2.24) is 5.32 Å². The van der Waals surface area contributed by atoms with Gasteiger partial charge in [-0.1, -0.05) is 20.8 Å². The highest BCUT2D eigenvalue weighted by Crippen LogP contribution is 2.33. The fourth-order valence-corrected chi connectivity index (χ4v) is 2.58. The van der Waals surface area contributed by atoms with E-state index in [0.29, 0.717) is 5.41 Å². The lowest BCUT2D eigenvalue weighted by Gasteiger charge is -2.35. The maximum absolute atomic E-state index is 5.45. The summed E-state index contributed by atoms with van der Waals surface area (Å²) in [6, 6.07) is 0. The molecule has 3 nitrogen and oxygen atoms in total. The van der Waals surface area contributed by atoms with Gasteiger partial charge in [-0.15, -0.1) is 0 Å². The summed E-state index contributed by atoms with van der Waals surface area (Å²) < 4.78 is 10.5. The summed E-state index contributed by atoms with van der Waals surface area (Å²) in [7, 11) is 1.75. The van der Waals surface area contributed by atoms with Gasteiger partial charge < -0.3 is 14.8 Å². The molecule has 0 spiro atoms. The summed E-state index contributed by atoms with van der Waals surface area (Å²) in [6.45, 7) is 11.8. The van der Waals surface area contributed by atoms with Crippen LogP contribution in [0, 0.1) is 17.3 Å². The third-order valence-electron chi connectivity index (χ3n) is 4.06. The highest BCUT2D eigenvalue weighted by molar-refractivity contribution is 4.79. The Bertz CT molecular complexity index is 207. The van der Waals surface area contributed by atoms with Crippen molar-refractivity contribution in [2.24, 2.45) is 17.3 Å². The van der Waals surface area contributed by atoms with Gasteiger partial charge in [0, 0.05) is 26.9 Å². The second-order valence-electron chi connectivity index (χ2n) is 6.55. The molecule has 1 aliphatic heterocycles. The Morgan fingerprint density at radius 2 is 1.94 bits per heavy atom. The first-order chi connectivity index (χ1) is 8.54. The molecule has 0 aromatic carbocycles. The second-order valence-corrected chi connectivity index (χ2v) is 6.55. The second kappa shape index (κ2) is 8.13. The van der Waals surface area contributed by atoms with E-state index in [4.69, 9.17) is 9.47 Å². The largest absolute Gasteiger partial charge is 0.383 e. The maximum atomic E-state index is 5.45. The molecule has 18 heavy (non-hydrogen) atoms. The zero-order chi connectivity index (χ0) is 13.4. The standard InChI is InChI=1S/C15H31NO2/c1-15(2,3)14(12-16-7-10-17-4)11-13-5-8-18-9-6-13/h13-14,16H,5-12H2,1-4H3. The van der Waals surface area contributed by atoms with E-state index >= 15 is 0 Å². The number of methoxy groups -OCH3 is 1. The minimum Gasteiger partial charge on any atom is -0.383 e. The van der Waals surface area contributed by atoms with E-state index in [2.05, 4.69) is 26.1 Å². The summed E-state index contributed by atoms with van der Waals surface area (Å²) >= 11 is 0. The predicted octanol–water partition coefficient (Wildman–Crippen LogP) is 2.70. The zero-order valence-corrected chi connectivity index (χ0v) is 12.6. The minimum absolute atomic E-state index is 0.373. The zero-order valence-electron chi connectivity index (χ0n) is 12.6. The summed E-state index contributed by atoms with van der Waals surface area (Å²) in [5.41, 5.74) is 0.373. The monoisotopic (exact) mass is 257 g/mol. The molecule has 0 bridgehead atoms. The van der Waals surface area contributed by atoms with Crippen LogP contribution in [0.4, 0.5) is 0 Å². The first kappa shape index (κ1) is 15.9. The van der Waals surface area contributed by atoms with Crippen LogP contribution < -0.4 is 5.32 Å². The van der Waals surface area contributed by atoms with Crippen molar-refractivity contribution in [3.8, 4) is 0 Å². The molecule has 108 valence electrons. The van der Waals surface area contributed by atoms with Crippen LogP contribution in [0.15, 0.2) is 0 Å². The van der Waals surface area contributed by atoms with E-state index in [-0.39, 0.29) is 0 Å². The van der Waals surface area contributed by atoms with Gasteiger partial charge in [-0.25, -0.2) is 0 Å². The lowest BCUT2D eigenvalue weighted by atomic mass is 9.74. The van der Waals surface area contributed by atoms with Crippen molar-refractivity contribution >= 4 is 0 Å². The Balaban J connectivity index is 2.35. The van der Waals surface area contributed by atoms with E-state index in [9.17, 15) is 0 Å². The smallest absolute Gasteiger partial charge is 0.0587 e. The molecule has 1 saturated heterocycles. The molecule has 1 atom stereocenters. The first-order valence-electron chi connectivity index (χ1n) is 7.31. The van der Waals surface area contributed by atoms with E-state index in [1.54, 1.807) is 7.11 Å². The van der Waals surface area contributed by atoms with Crippen LogP contribution in [-0.2, 0) is 9.47 Å². The van der Waals surface area contributed by atoms with Crippen molar-refractivity contribution in [1.29, 1.82) is 0 Å². The van der Waals surface area contributed by atoms with Crippen LogP contribution in [0.2, 0.25) is 0 Å². The molecule has 0 radical (unpaired) electrons. The summed E-state index contributed by atoms with van der Waals surface area (Å²) in [5, 5.41) is 3.53. The van der Waals surface area contributed by atoms with Crippen LogP contribution in [0.3, 0.4) is 0 Å². The summed E-state index contributed by atoms with van der Waals surface area (Å²) in [4.78, 5) is 0. The molecule has 0 aliphatic carbocycles. The van der Waals surface area contributed by atoms with E-state index < -0.39 is 0 Å². The Morgan fingerprint density at radius 1 is 1.28 bits per heavy atom. The van der Waals surface area contributed by atoms with Crippen LogP contribution in [-0.4, -0.2) is 40.0 Å². The van der Waals surface area contributed by atoms with Crippen molar-refractivity contribution in [2.75, 3.05) is 40.0 Å². The highest BCUT2D eigenvalue weighted by Gasteiger charge is 2.27. The van der Waals surface area contributed by atoms with Gasteiger partial charge in [0.1, 0.15) is 0 Å². The molecule has 1 unspecified atom stereocenters. The van der Waals surface area contributed by atoms with E-state index in [1.807, 2.05) is 0 Å². The van der Waals surface area contributed by atoms with Gasteiger partial charge in [-0.05, 0) is 43.1 Å². The van der Waals surface area contributed by atoms with Crippen molar-refractivity contribution in [2.45, 2.75) is 40.0 Å². The van der Waals surface area contributed by atoms with E-state index in [1.165, 1.54) is 19.3 Å². The average molecular weight is 257 g/mol. The fourth-order valence-electron chi connectivity index (χ4n) is 2.58.